The molecule has 0 spiro atoms. The van der Waals surface area contributed by atoms with Crippen LogP contribution >= 0.6 is 0 Å². The fourth-order valence-corrected chi connectivity index (χ4v) is 1.33. The van der Waals surface area contributed by atoms with E-state index in [2.05, 4.69) is 10.3 Å². The minimum absolute atomic E-state index is 0.222. The van der Waals surface area contributed by atoms with E-state index in [9.17, 15) is 18.3 Å². The number of nitrogens with one attached hydrogen (secondary N) is 1. The van der Waals surface area contributed by atoms with E-state index < -0.39 is 24.3 Å². The lowest BCUT2D eigenvalue weighted by atomic mass is 9.65. The second-order valence-corrected chi connectivity index (χ2v) is 4.15. The van der Waals surface area contributed by atoms with Crippen LogP contribution in [0.1, 0.15) is 20.3 Å². The topological polar surface area (TPSA) is 41.5 Å². The summed E-state index contributed by atoms with van der Waals surface area (Å²) in [5.41, 5.74) is 1.89. The van der Waals surface area contributed by atoms with Crippen LogP contribution in [0.3, 0.4) is 0 Å². The van der Waals surface area contributed by atoms with Gasteiger partial charge in [0, 0.05) is 11.5 Å². The first-order valence-corrected chi connectivity index (χ1v) is 4.35. The minimum Gasteiger partial charge on any atom is -0.392 e. The summed E-state index contributed by atoms with van der Waals surface area (Å²) in [6, 6.07) is -0.222. The number of hydrogen-bond acceptors (Lipinski definition) is 3. The highest BCUT2D eigenvalue weighted by molar-refractivity contribution is 5.00. The number of hydrogen-bond donors (Lipinski definition) is 2. The van der Waals surface area contributed by atoms with E-state index in [0.717, 1.165) is 0 Å². The molecular weight excluding hydrogens is 199 g/mol. The number of halogens is 3. The summed E-state index contributed by atoms with van der Waals surface area (Å²) in [6.45, 7) is 2.24. The highest BCUT2D eigenvalue weighted by Crippen LogP contribution is 2.40. The average Bonchev–Trinajstić information content (AvgIpc) is 2.01. The highest BCUT2D eigenvalue weighted by Gasteiger charge is 2.47. The summed E-state index contributed by atoms with van der Waals surface area (Å²) in [6.07, 6.45) is -4.38. The molecule has 84 valence electrons. The van der Waals surface area contributed by atoms with Crippen LogP contribution in [0, 0.1) is 5.41 Å². The lowest BCUT2D eigenvalue weighted by molar-refractivity contribution is -0.210. The summed E-state index contributed by atoms with van der Waals surface area (Å²) in [5, 5.41) is 9.29. The van der Waals surface area contributed by atoms with Crippen molar-refractivity contribution < 1.29 is 23.1 Å². The minimum atomic E-state index is -4.32. The number of alkyl halides is 3. The summed E-state index contributed by atoms with van der Waals surface area (Å²) in [5.74, 6) is 0. The Hall–Kier alpha value is -0.330. The van der Waals surface area contributed by atoms with Gasteiger partial charge in [-0.1, -0.05) is 13.8 Å². The smallest absolute Gasteiger partial charge is 0.392 e. The fraction of sp³-hybridized carbons (Fsp3) is 1.00. The van der Waals surface area contributed by atoms with Gasteiger partial charge >= 0.3 is 6.18 Å². The van der Waals surface area contributed by atoms with Crippen LogP contribution in [0.15, 0.2) is 0 Å². The van der Waals surface area contributed by atoms with Gasteiger partial charge < -0.3 is 5.11 Å². The Balaban J connectivity index is 2.22. The molecule has 2 atom stereocenters. The Kier molecular flexibility index (Phi) is 3.08. The van der Waals surface area contributed by atoms with Crippen LogP contribution in [0.25, 0.3) is 0 Å². The molecule has 2 N–H and O–H groups in total. The lowest BCUT2D eigenvalue weighted by Crippen LogP contribution is -2.60. The summed E-state index contributed by atoms with van der Waals surface area (Å²) < 4.78 is 35.0. The Labute approximate surface area is 80.2 Å². The van der Waals surface area contributed by atoms with Crippen molar-refractivity contribution in [3.63, 3.8) is 0 Å². The third-order valence-electron chi connectivity index (χ3n) is 2.68. The van der Waals surface area contributed by atoms with E-state index in [4.69, 9.17) is 0 Å². The van der Waals surface area contributed by atoms with Gasteiger partial charge in [0.1, 0.15) is 0 Å². The van der Waals surface area contributed by atoms with Crippen molar-refractivity contribution in [3.05, 3.63) is 0 Å². The second kappa shape index (κ2) is 3.67. The molecule has 0 amide bonds. The molecule has 0 aromatic carbocycles. The SMILES string of the molecule is CC1(C)C(O)CC1NOCC(F)(F)F. The van der Waals surface area contributed by atoms with Gasteiger partial charge in [0.15, 0.2) is 6.61 Å². The molecule has 0 saturated heterocycles. The van der Waals surface area contributed by atoms with Gasteiger partial charge in [0.25, 0.3) is 0 Å². The number of rotatable bonds is 3. The average molecular weight is 213 g/mol. The third-order valence-corrected chi connectivity index (χ3v) is 2.68. The molecule has 1 aliphatic rings. The molecule has 0 bridgehead atoms. The van der Waals surface area contributed by atoms with Crippen molar-refractivity contribution in [1.29, 1.82) is 0 Å². The van der Waals surface area contributed by atoms with Crippen LogP contribution in [0.2, 0.25) is 0 Å². The monoisotopic (exact) mass is 213 g/mol. The molecule has 3 nitrogen and oxygen atoms in total. The van der Waals surface area contributed by atoms with Gasteiger partial charge in [-0.3, -0.25) is 4.84 Å². The second-order valence-electron chi connectivity index (χ2n) is 4.15. The molecule has 6 heteroatoms. The van der Waals surface area contributed by atoms with Crippen molar-refractivity contribution in [1.82, 2.24) is 5.48 Å². The first kappa shape index (κ1) is 11.7. The third kappa shape index (κ3) is 2.59. The van der Waals surface area contributed by atoms with Gasteiger partial charge in [-0.05, 0) is 6.42 Å². The predicted octanol–water partition coefficient (Wildman–Crippen LogP) is 1.23. The molecule has 0 radical (unpaired) electrons. The maximum Gasteiger partial charge on any atom is 0.413 e. The molecular formula is C8H14F3NO2. The van der Waals surface area contributed by atoms with Crippen LogP contribution < -0.4 is 5.48 Å². The summed E-state index contributed by atoms with van der Waals surface area (Å²) in [4.78, 5) is 4.30. The molecule has 0 aromatic heterocycles. The predicted molar refractivity (Wildman–Crippen MR) is 43.3 cm³/mol. The molecule has 1 fully saturated rings. The van der Waals surface area contributed by atoms with Crippen LogP contribution in [0.5, 0.6) is 0 Å². The van der Waals surface area contributed by atoms with Crippen molar-refractivity contribution in [2.24, 2.45) is 5.41 Å². The van der Waals surface area contributed by atoms with E-state index in [1.165, 1.54) is 0 Å². The Morgan fingerprint density at radius 3 is 2.43 bits per heavy atom. The van der Waals surface area contributed by atoms with Gasteiger partial charge in [0.2, 0.25) is 0 Å². The first-order chi connectivity index (χ1) is 6.23. The van der Waals surface area contributed by atoms with E-state index in [1.807, 2.05) is 0 Å². The first-order valence-electron chi connectivity index (χ1n) is 4.35. The van der Waals surface area contributed by atoms with E-state index in [1.54, 1.807) is 13.8 Å². The Morgan fingerprint density at radius 1 is 1.50 bits per heavy atom. The van der Waals surface area contributed by atoms with Gasteiger partial charge in [0.05, 0.1) is 6.10 Å². The van der Waals surface area contributed by atoms with E-state index in [0.29, 0.717) is 6.42 Å². The van der Waals surface area contributed by atoms with Crippen LogP contribution in [-0.2, 0) is 4.84 Å². The molecule has 0 aromatic rings. The maximum absolute atomic E-state index is 11.7. The lowest BCUT2D eigenvalue weighted by Gasteiger charge is -2.48. The summed E-state index contributed by atoms with van der Waals surface area (Å²) >= 11 is 0. The Bertz CT molecular complexity index is 205. The largest absolute Gasteiger partial charge is 0.413 e. The highest BCUT2D eigenvalue weighted by atomic mass is 19.4. The zero-order valence-corrected chi connectivity index (χ0v) is 8.06. The van der Waals surface area contributed by atoms with Gasteiger partial charge in [-0.2, -0.15) is 18.7 Å². The maximum atomic E-state index is 11.7. The van der Waals surface area contributed by atoms with Crippen molar-refractivity contribution >= 4 is 0 Å². The number of aliphatic hydroxyl groups excluding tert-OH is 1. The molecule has 1 rings (SSSR count). The van der Waals surface area contributed by atoms with E-state index in [-0.39, 0.29) is 6.04 Å². The molecule has 1 saturated carbocycles. The van der Waals surface area contributed by atoms with Gasteiger partial charge in [-0.25, -0.2) is 0 Å². The standard InChI is InChI=1S/C8H14F3NO2/c1-7(2)5(3-6(7)13)12-14-4-8(9,10)11/h5-6,12-13H,3-4H2,1-2H3. The molecule has 14 heavy (non-hydrogen) atoms. The zero-order chi connectivity index (χ0) is 11.0. The number of aliphatic hydroxyl groups is 1. The molecule has 1 aliphatic carbocycles. The van der Waals surface area contributed by atoms with Crippen LogP contribution in [0.4, 0.5) is 13.2 Å². The normalized spacial score (nSPS) is 31.3. The molecule has 0 aliphatic heterocycles. The van der Waals surface area contributed by atoms with E-state index >= 15 is 0 Å². The molecule has 2 unspecified atom stereocenters. The zero-order valence-electron chi connectivity index (χ0n) is 8.06. The summed E-state index contributed by atoms with van der Waals surface area (Å²) in [7, 11) is 0. The quantitative estimate of drug-likeness (QED) is 0.693. The Morgan fingerprint density at radius 2 is 2.07 bits per heavy atom. The fourth-order valence-electron chi connectivity index (χ4n) is 1.33. The van der Waals surface area contributed by atoms with Crippen LogP contribution in [-0.4, -0.2) is 30.0 Å². The molecule has 0 heterocycles. The van der Waals surface area contributed by atoms with Crippen molar-refractivity contribution in [3.8, 4) is 0 Å². The van der Waals surface area contributed by atoms with Crippen molar-refractivity contribution in [2.45, 2.75) is 38.6 Å². The van der Waals surface area contributed by atoms with Gasteiger partial charge in [-0.15, -0.1) is 0 Å². The van der Waals surface area contributed by atoms with Crippen molar-refractivity contribution in [2.75, 3.05) is 6.61 Å². The number of hydroxylamine groups is 1.